The number of hydrogen-bond donors (Lipinski definition) is 1. The summed E-state index contributed by atoms with van der Waals surface area (Å²) in [6.45, 7) is 3.01. The molecule has 17 heavy (non-hydrogen) atoms. The fraction of sp³-hybridized carbons (Fsp3) is 0.417. The van der Waals surface area contributed by atoms with E-state index >= 15 is 0 Å². The first-order valence-electron chi connectivity index (χ1n) is 5.65. The molecule has 0 aliphatic carbocycles. The highest BCUT2D eigenvalue weighted by Gasteiger charge is 2.12. The first-order chi connectivity index (χ1) is 8.36. The second kappa shape index (κ2) is 5.95. The predicted molar refractivity (Wildman–Crippen MR) is 72.8 cm³/mol. The summed E-state index contributed by atoms with van der Waals surface area (Å²) in [7, 11) is 1.71. The van der Waals surface area contributed by atoms with Gasteiger partial charge in [-0.05, 0) is 23.7 Å². The fourth-order valence-electron chi connectivity index (χ4n) is 1.78. The minimum atomic E-state index is 0.635. The summed E-state index contributed by atoms with van der Waals surface area (Å²) in [6, 6.07) is 8.18. The number of nitrogens with two attached hydrogens (primary N) is 1. The lowest BCUT2D eigenvalue weighted by molar-refractivity contribution is 0.205. The average molecular weight is 251 g/mol. The van der Waals surface area contributed by atoms with Crippen molar-refractivity contribution < 1.29 is 4.74 Å². The predicted octanol–water partition coefficient (Wildman–Crippen LogP) is 1.71. The Morgan fingerprint density at radius 1 is 1.35 bits per heavy atom. The molecule has 0 saturated carbocycles. The zero-order valence-corrected chi connectivity index (χ0v) is 10.7. The highest BCUT2D eigenvalue weighted by Crippen LogP contribution is 2.30. The van der Waals surface area contributed by atoms with Gasteiger partial charge in [-0.3, -0.25) is 0 Å². The molecule has 1 aromatic carbocycles. The minimum Gasteiger partial charge on any atom is -0.383 e. The lowest BCUT2D eigenvalue weighted by atomic mass is 10.2. The van der Waals surface area contributed by atoms with Crippen LogP contribution in [-0.4, -0.2) is 37.7 Å². The maximum absolute atomic E-state index is 5.65. The summed E-state index contributed by atoms with van der Waals surface area (Å²) >= 11 is 1.53. The van der Waals surface area contributed by atoms with Crippen molar-refractivity contribution in [1.82, 2.24) is 4.37 Å². The van der Waals surface area contributed by atoms with Crippen molar-refractivity contribution in [3.63, 3.8) is 0 Å². The van der Waals surface area contributed by atoms with Gasteiger partial charge in [0.25, 0.3) is 0 Å². The van der Waals surface area contributed by atoms with E-state index in [2.05, 4.69) is 15.3 Å². The maximum Gasteiger partial charge on any atom is 0.120 e. The SMILES string of the molecule is COCCN(CCN)c1snc2ccccc12. The second-order valence-corrected chi connectivity index (χ2v) is 4.53. The molecule has 92 valence electrons. The average Bonchev–Trinajstić information content (AvgIpc) is 2.78. The Balaban J connectivity index is 2.27. The van der Waals surface area contributed by atoms with Gasteiger partial charge in [0.1, 0.15) is 5.00 Å². The van der Waals surface area contributed by atoms with E-state index in [9.17, 15) is 0 Å². The largest absolute Gasteiger partial charge is 0.383 e. The summed E-state index contributed by atoms with van der Waals surface area (Å²) < 4.78 is 9.58. The first-order valence-corrected chi connectivity index (χ1v) is 6.42. The summed E-state index contributed by atoms with van der Waals surface area (Å²) in [4.78, 5) is 2.24. The van der Waals surface area contributed by atoms with Crippen LogP contribution in [0.4, 0.5) is 5.00 Å². The molecule has 2 aromatic rings. The molecule has 0 fully saturated rings. The van der Waals surface area contributed by atoms with Gasteiger partial charge >= 0.3 is 0 Å². The van der Waals surface area contributed by atoms with Gasteiger partial charge in [0.2, 0.25) is 0 Å². The van der Waals surface area contributed by atoms with Crippen LogP contribution in [0.15, 0.2) is 24.3 Å². The third-order valence-electron chi connectivity index (χ3n) is 2.62. The number of aromatic nitrogens is 1. The Hall–Kier alpha value is -1.17. The quantitative estimate of drug-likeness (QED) is 0.849. The number of benzene rings is 1. The third kappa shape index (κ3) is 2.74. The Kier molecular flexibility index (Phi) is 4.30. The molecule has 2 rings (SSSR count). The maximum atomic E-state index is 5.65. The van der Waals surface area contributed by atoms with Gasteiger partial charge in [0.05, 0.1) is 12.1 Å². The second-order valence-electron chi connectivity index (χ2n) is 3.77. The number of methoxy groups -OCH3 is 1. The number of hydrogen-bond acceptors (Lipinski definition) is 5. The Labute approximate surface area is 105 Å². The van der Waals surface area contributed by atoms with E-state index in [4.69, 9.17) is 10.5 Å². The van der Waals surface area contributed by atoms with E-state index < -0.39 is 0 Å². The molecule has 0 radical (unpaired) electrons. The number of ether oxygens (including phenoxy) is 1. The van der Waals surface area contributed by atoms with E-state index in [-0.39, 0.29) is 0 Å². The topological polar surface area (TPSA) is 51.4 Å². The molecule has 0 spiro atoms. The summed E-state index contributed by atoms with van der Waals surface area (Å²) in [6.07, 6.45) is 0. The van der Waals surface area contributed by atoms with Crippen LogP contribution >= 0.6 is 11.5 Å². The molecule has 0 unspecified atom stereocenters. The van der Waals surface area contributed by atoms with Gasteiger partial charge in [-0.2, -0.15) is 4.37 Å². The molecule has 4 nitrogen and oxygen atoms in total. The highest BCUT2D eigenvalue weighted by atomic mass is 32.1. The smallest absolute Gasteiger partial charge is 0.120 e. The number of anilines is 1. The molecule has 1 heterocycles. The van der Waals surface area contributed by atoms with Crippen molar-refractivity contribution in [2.45, 2.75) is 0 Å². The molecule has 1 aromatic heterocycles. The Morgan fingerprint density at radius 2 is 2.18 bits per heavy atom. The standard InChI is InChI=1S/C12H17N3OS/c1-16-9-8-15(7-6-13)12-10-4-2-3-5-11(10)14-17-12/h2-5H,6-9,13H2,1H3. The molecular weight excluding hydrogens is 234 g/mol. The molecule has 0 atom stereocenters. The highest BCUT2D eigenvalue weighted by molar-refractivity contribution is 7.11. The lowest BCUT2D eigenvalue weighted by Crippen LogP contribution is -2.31. The normalized spacial score (nSPS) is 10.9. The van der Waals surface area contributed by atoms with E-state index in [1.165, 1.54) is 21.9 Å². The fourth-order valence-corrected chi connectivity index (χ4v) is 2.69. The molecule has 0 aliphatic heterocycles. The van der Waals surface area contributed by atoms with Crippen molar-refractivity contribution in [2.24, 2.45) is 5.73 Å². The van der Waals surface area contributed by atoms with E-state index in [0.29, 0.717) is 13.2 Å². The van der Waals surface area contributed by atoms with Crippen LogP contribution in [0.3, 0.4) is 0 Å². The van der Waals surface area contributed by atoms with Crippen LogP contribution in [0.25, 0.3) is 10.9 Å². The molecule has 0 saturated heterocycles. The van der Waals surface area contributed by atoms with Crippen molar-refractivity contribution in [2.75, 3.05) is 38.3 Å². The van der Waals surface area contributed by atoms with Gasteiger partial charge in [-0.25, -0.2) is 0 Å². The molecular formula is C12H17N3OS. The van der Waals surface area contributed by atoms with Crippen LogP contribution in [0.2, 0.25) is 0 Å². The van der Waals surface area contributed by atoms with Gasteiger partial charge in [-0.15, -0.1) is 0 Å². The van der Waals surface area contributed by atoms with Crippen LogP contribution in [0.5, 0.6) is 0 Å². The molecule has 0 bridgehead atoms. The lowest BCUT2D eigenvalue weighted by Gasteiger charge is -2.21. The monoisotopic (exact) mass is 251 g/mol. The Bertz CT molecular complexity index is 471. The number of fused-ring (bicyclic) bond motifs is 1. The minimum absolute atomic E-state index is 0.635. The van der Waals surface area contributed by atoms with Crippen LogP contribution in [0.1, 0.15) is 0 Å². The summed E-state index contributed by atoms with van der Waals surface area (Å²) in [5.41, 5.74) is 6.70. The van der Waals surface area contributed by atoms with Crippen molar-refractivity contribution in [1.29, 1.82) is 0 Å². The molecule has 2 N–H and O–H groups in total. The summed E-state index contributed by atoms with van der Waals surface area (Å²) in [5.74, 6) is 0. The van der Waals surface area contributed by atoms with Crippen molar-refractivity contribution in [3.8, 4) is 0 Å². The number of nitrogens with zero attached hydrogens (tertiary/aromatic N) is 2. The van der Waals surface area contributed by atoms with Gasteiger partial charge in [-0.1, -0.05) is 12.1 Å². The van der Waals surface area contributed by atoms with E-state index in [1.54, 1.807) is 7.11 Å². The van der Waals surface area contributed by atoms with E-state index in [0.717, 1.165) is 18.6 Å². The van der Waals surface area contributed by atoms with Crippen LogP contribution in [-0.2, 0) is 4.74 Å². The molecule has 0 amide bonds. The van der Waals surface area contributed by atoms with E-state index in [1.807, 2.05) is 18.2 Å². The van der Waals surface area contributed by atoms with Gasteiger partial charge in [0, 0.05) is 32.1 Å². The van der Waals surface area contributed by atoms with Crippen LogP contribution in [0, 0.1) is 0 Å². The summed E-state index contributed by atoms with van der Waals surface area (Å²) in [5, 5.41) is 2.38. The van der Waals surface area contributed by atoms with Gasteiger partial charge < -0.3 is 15.4 Å². The van der Waals surface area contributed by atoms with Crippen molar-refractivity contribution in [3.05, 3.63) is 24.3 Å². The van der Waals surface area contributed by atoms with Crippen LogP contribution < -0.4 is 10.6 Å². The zero-order chi connectivity index (χ0) is 12.1. The molecule has 0 aliphatic rings. The number of rotatable bonds is 6. The Morgan fingerprint density at radius 3 is 2.94 bits per heavy atom. The molecule has 5 heteroatoms. The third-order valence-corrected chi connectivity index (χ3v) is 3.56. The first kappa shape index (κ1) is 12.3. The zero-order valence-electron chi connectivity index (χ0n) is 9.93. The van der Waals surface area contributed by atoms with Crippen molar-refractivity contribution >= 4 is 27.4 Å². The van der Waals surface area contributed by atoms with Gasteiger partial charge in [0.15, 0.2) is 0 Å².